The second kappa shape index (κ2) is 4.29. The molecule has 2 nitrogen and oxygen atoms in total. The number of anilines is 1. The quantitative estimate of drug-likeness (QED) is 0.796. The van der Waals surface area contributed by atoms with Crippen molar-refractivity contribution in [3.8, 4) is 0 Å². The highest BCUT2D eigenvalue weighted by Crippen LogP contribution is 2.25. The van der Waals surface area contributed by atoms with Gasteiger partial charge in [-0.15, -0.1) is 0 Å². The summed E-state index contributed by atoms with van der Waals surface area (Å²) in [5.41, 5.74) is 2.51. The van der Waals surface area contributed by atoms with Crippen LogP contribution in [0.4, 0.5) is 5.69 Å². The second-order valence-corrected chi connectivity index (χ2v) is 3.59. The minimum atomic E-state index is -0.116. The molecule has 1 amide bonds. The van der Waals surface area contributed by atoms with Gasteiger partial charge in [0.1, 0.15) is 0 Å². The highest BCUT2D eigenvalue weighted by atomic mass is 35.5. The minimum absolute atomic E-state index is 0.116. The van der Waals surface area contributed by atoms with E-state index in [0.29, 0.717) is 10.7 Å². The van der Waals surface area contributed by atoms with Crippen molar-refractivity contribution in [1.82, 2.24) is 0 Å². The standard InChI is InChI=1S/C11H12ClNO/c1-7(2)10-5-4-9(12)6-11(10)13-8(3)14/h4-6H,1H2,2-3H3,(H,13,14). The molecule has 0 saturated carbocycles. The molecule has 0 heterocycles. The largest absolute Gasteiger partial charge is 0.326 e. The smallest absolute Gasteiger partial charge is 0.221 e. The molecule has 1 aromatic rings. The molecule has 14 heavy (non-hydrogen) atoms. The lowest BCUT2D eigenvalue weighted by molar-refractivity contribution is -0.114. The summed E-state index contributed by atoms with van der Waals surface area (Å²) in [5.74, 6) is -0.116. The maximum absolute atomic E-state index is 10.9. The Bertz CT molecular complexity index is 385. The van der Waals surface area contributed by atoms with Gasteiger partial charge >= 0.3 is 0 Å². The molecule has 0 unspecified atom stereocenters. The average molecular weight is 210 g/mol. The lowest BCUT2D eigenvalue weighted by Crippen LogP contribution is -2.07. The Labute approximate surface area is 88.6 Å². The molecule has 0 aliphatic rings. The van der Waals surface area contributed by atoms with E-state index < -0.39 is 0 Å². The van der Waals surface area contributed by atoms with E-state index in [1.807, 2.05) is 13.0 Å². The first kappa shape index (κ1) is 10.8. The Morgan fingerprint density at radius 1 is 1.43 bits per heavy atom. The van der Waals surface area contributed by atoms with E-state index in [9.17, 15) is 4.79 Å². The van der Waals surface area contributed by atoms with Gasteiger partial charge in [0.25, 0.3) is 0 Å². The van der Waals surface area contributed by atoms with Crippen molar-refractivity contribution in [1.29, 1.82) is 0 Å². The molecule has 0 spiro atoms. The van der Waals surface area contributed by atoms with Crippen LogP contribution in [0.5, 0.6) is 0 Å². The molecule has 1 N–H and O–H groups in total. The number of allylic oxidation sites excluding steroid dienone is 1. The number of hydrogen-bond acceptors (Lipinski definition) is 1. The topological polar surface area (TPSA) is 29.1 Å². The molecule has 0 radical (unpaired) electrons. The summed E-state index contributed by atoms with van der Waals surface area (Å²) in [4.78, 5) is 10.9. The van der Waals surface area contributed by atoms with Crippen LogP contribution in [-0.4, -0.2) is 5.91 Å². The van der Waals surface area contributed by atoms with Crippen LogP contribution in [0.2, 0.25) is 5.02 Å². The van der Waals surface area contributed by atoms with Crippen LogP contribution in [0.15, 0.2) is 24.8 Å². The maximum atomic E-state index is 10.9. The summed E-state index contributed by atoms with van der Waals surface area (Å²) >= 11 is 5.82. The van der Waals surface area contributed by atoms with Crippen molar-refractivity contribution in [2.45, 2.75) is 13.8 Å². The number of carbonyl (C=O) groups excluding carboxylic acids is 1. The molecule has 0 aliphatic heterocycles. The van der Waals surface area contributed by atoms with Crippen LogP contribution in [-0.2, 0) is 4.79 Å². The van der Waals surface area contributed by atoms with E-state index in [4.69, 9.17) is 11.6 Å². The number of halogens is 1. The third kappa shape index (κ3) is 2.60. The SMILES string of the molecule is C=C(C)c1ccc(Cl)cc1NC(C)=O. The summed E-state index contributed by atoms with van der Waals surface area (Å²) in [5, 5.41) is 3.31. The van der Waals surface area contributed by atoms with Crippen molar-refractivity contribution >= 4 is 28.8 Å². The van der Waals surface area contributed by atoms with Gasteiger partial charge in [-0.25, -0.2) is 0 Å². The molecule has 0 fully saturated rings. The zero-order valence-electron chi connectivity index (χ0n) is 8.23. The number of nitrogens with one attached hydrogen (secondary N) is 1. The number of benzene rings is 1. The van der Waals surface area contributed by atoms with Crippen LogP contribution in [0, 0.1) is 0 Å². The third-order valence-electron chi connectivity index (χ3n) is 1.75. The van der Waals surface area contributed by atoms with E-state index in [0.717, 1.165) is 11.1 Å². The molecule has 3 heteroatoms. The fourth-order valence-corrected chi connectivity index (χ4v) is 1.35. The molecule has 0 aliphatic carbocycles. The first-order valence-corrected chi connectivity index (χ1v) is 4.61. The van der Waals surface area contributed by atoms with E-state index in [-0.39, 0.29) is 5.91 Å². The van der Waals surface area contributed by atoms with Gasteiger partial charge in [-0.3, -0.25) is 4.79 Å². The van der Waals surface area contributed by atoms with Gasteiger partial charge in [0.15, 0.2) is 0 Å². The molecule has 0 saturated heterocycles. The molecule has 74 valence electrons. The number of rotatable bonds is 2. The maximum Gasteiger partial charge on any atom is 0.221 e. The molecule has 0 aromatic heterocycles. The first-order chi connectivity index (χ1) is 6.50. The van der Waals surface area contributed by atoms with Gasteiger partial charge in [0, 0.05) is 23.2 Å². The lowest BCUT2D eigenvalue weighted by atomic mass is 10.1. The van der Waals surface area contributed by atoms with Gasteiger partial charge in [-0.05, 0) is 24.6 Å². The molecular formula is C11H12ClNO. The zero-order chi connectivity index (χ0) is 10.7. The summed E-state index contributed by atoms with van der Waals surface area (Å²) in [6, 6.07) is 5.33. The Morgan fingerprint density at radius 3 is 2.57 bits per heavy atom. The van der Waals surface area contributed by atoms with Crippen LogP contribution < -0.4 is 5.32 Å². The second-order valence-electron chi connectivity index (χ2n) is 3.15. The average Bonchev–Trinajstić information content (AvgIpc) is 2.01. The van der Waals surface area contributed by atoms with Crippen molar-refractivity contribution in [3.63, 3.8) is 0 Å². The molecule has 0 atom stereocenters. The number of amides is 1. The molecular weight excluding hydrogens is 198 g/mol. The summed E-state index contributed by atoms with van der Waals surface area (Å²) in [6.45, 7) is 7.17. The Hall–Kier alpha value is -1.28. The predicted octanol–water partition coefficient (Wildman–Crippen LogP) is 3.33. The third-order valence-corrected chi connectivity index (χ3v) is 1.99. The van der Waals surface area contributed by atoms with E-state index in [1.54, 1.807) is 12.1 Å². The summed E-state index contributed by atoms with van der Waals surface area (Å²) in [6.07, 6.45) is 0. The van der Waals surface area contributed by atoms with Crippen molar-refractivity contribution < 1.29 is 4.79 Å². The van der Waals surface area contributed by atoms with E-state index in [2.05, 4.69) is 11.9 Å². The van der Waals surface area contributed by atoms with Crippen molar-refractivity contribution in [3.05, 3.63) is 35.4 Å². The van der Waals surface area contributed by atoms with E-state index >= 15 is 0 Å². The predicted molar refractivity (Wildman–Crippen MR) is 60.5 cm³/mol. The Morgan fingerprint density at radius 2 is 2.07 bits per heavy atom. The van der Waals surface area contributed by atoms with Crippen LogP contribution in [0.3, 0.4) is 0 Å². The first-order valence-electron chi connectivity index (χ1n) is 4.23. The molecule has 1 aromatic carbocycles. The van der Waals surface area contributed by atoms with Gasteiger partial charge in [-0.1, -0.05) is 24.2 Å². The zero-order valence-corrected chi connectivity index (χ0v) is 8.98. The minimum Gasteiger partial charge on any atom is -0.326 e. The number of carbonyl (C=O) groups is 1. The van der Waals surface area contributed by atoms with Crippen LogP contribution in [0.1, 0.15) is 19.4 Å². The molecule has 1 rings (SSSR count). The van der Waals surface area contributed by atoms with E-state index in [1.165, 1.54) is 6.92 Å². The van der Waals surface area contributed by atoms with Crippen LogP contribution in [0.25, 0.3) is 5.57 Å². The Kier molecular flexibility index (Phi) is 3.31. The summed E-state index contributed by atoms with van der Waals surface area (Å²) in [7, 11) is 0. The van der Waals surface area contributed by atoms with Crippen molar-refractivity contribution in [2.24, 2.45) is 0 Å². The molecule has 0 bridgehead atoms. The van der Waals surface area contributed by atoms with Gasteiger partial charge in [0.05, 0.1) is 0 Å². The highest BCUT2D eigenvalue weighted by molar-refractivity contribution is 6.31. The van der Waals surface area contributed by atoms with Gasteiger partial charge in [-0.2, -0.15) is 0 Å². The highest BCUT2D eigenvalue weighted by Gasteiger charge is 2.05. The number of hydrogen-bond donors (Lipinski definition) is 1. The van der Waals surface area contributed by atoms with Crippen LogP contribution >= 0.6 is 11.6 Å². The Balaban J connectivity index is 3.15. The monoisotopic (exact) mass is 209 g/mol. The summed E-state index contributed by atoms with van der Waals surface area (Å²) < 4.78 is 0. The normalized spacial score (nSPS) is 9.64. The fourth-order valence-electron chi connectivity index (χ4n) is 1.18. The van der Waals surface area contributed by atoms with Gasteiger partial charge < -0.3 is 5.32 Å². The fraction of sp³-hybridized carbons (Fsp3) is 0.182. The van der Waals surface area contributed by atoms with Crippen molar-refractivity contribution in [2.75, 3.05) is 5.32 Å². The van der Waals surface area contributed by atoms with Gasteiger partial charge in [0.2, 0.25) is 5.91 Å². The lowest BCUT2D eigenvalue weighted by Gasteiger charge is -2.09.